The molecule has 214 valence electrons. The molecular weight excluding hydrogens is 536 g/mol. The standard InChI is InChI=1S/C31H31F2N9/c1-18-27(40(3)38-36-18)22-16-25-26(34-17-22)23-10-11-24(28-19(2)37-39-41(28)4)35-30(23)42(25)29(20-8-6-5-7-9-20)21-12-14-31(32,33)15-13-21/h5-11,16-17,21,29H,12-15H2,1-4H3. The van der Waals surface area contributed by atoms with Crippen LogP contribution in [0.4, 0.5) is 8.78 Å². The molecule has 5 aromatic heterocycles. The minimum atomic E-state index is -2.63. The van der Waals surface area contributed by atoms with Gasteiger partial charge in [-0.1, -0.05) is 40.8 Å². The van der Waals surface area contributed by atoms with Gasteiger partial charge >= 0.3 is 0 Å². The SMILES string of the molecule is Cc1nnn(C)c1-c1cnc2c3ccc(-c4c(C)nnn4C)nc3n(C(c3ccccc3)C3CCC(F)(F)CC3)c2c1. The van der Waals surface area contributed by atoms with Crippen molar-refractivity contribution in [3.63, 3.8) is 0 Å². The van der Waals surface area contributed by atoms with E-state index in [0.717, 1.165) is 61.7 Å². The summed E-state index contributed by atoms with van der Waals surface area (Å²) >= 11 is 0. The first kappa shape index (κ1) is 26.4. The van der Waals surface area contributed by atoms with E-state index in [0.29, 0.717) is 12.8 Å². The molecule has 6 aromatic rings. The maximum Gasteiger partial charge on any atom is 0.248 e. The van der Waals surface area contributed by atoms with Gasteiger partial charge in [0, 0.05) is 44.1 Å². The highest BCUT2D eigenvalue weighted by Crippen LogP contribution is 2.46. The van der Waals surface area contributed by atoms with Crippen LogP contribution in [0.1, 0.15) is 48.7 Å². The Labute approximate surface area is 241 Å². The van der Waals surface area contributed by atoms with Gasteiger partial charge in [0.15, 0.2) is 0 Å². The van der Waals surface area contributed by atoms with Crippen LogP contribution in [0.2, 0.25) is 0 Å². The highest BCUT2D eigenvalue weighted by atomic mass is 19.3. The van der Waals surface area contributed by atoms with Gasteiger partial charge in [0.25, 0.3) is 0 Å². The number of benzene rings is 1. The summed E-state index contributed by atoms with van der Waals surface area (Å²) in [6.07, 6.45) is 2.42. The van der Waals surface area contributed by atoms with E-state index in [4.69, 9.17) is 9.97 Å². The number of rotatable bonds is 5. The van der Waals surface area contributed by atoms with Crippen molar-refractivity contribution >= 4 is 22.1 Å². The fourth-order valence-electron chi connectivity index (χ4n) is 6.65. The molecule has 1 unspecified atom stereocenters. The monoisotopic (exact) mass is 567 g/mol. The van der Waals surface area contributed by atoms with E-state index in [1.165, 1.54) is 0 Å². The predicted octanol–water partition coefficient (Wildman–Crippen LogP) is 6.21. The smallest absolute Gasteiger partial charge is 0.248 e. The summed E-state index contributed by atoms with van der Waals surface area (Å²) in [5.41, 5.74) is 8.40. The Balaban J connectivity index is 1.54. The molecule has 42 heavy (non-hydrogen) atoms. The topological polar surface area (TPSA) is 92.1 Å². The highest BCUT2D eigenvalue weighted by molar-refractivity contribution is 6.06. The first-order valence-corrected chi connectivity index (χ1v) is 14.2. The quantitative estimate of drug-likeness (QED) is 0.246. The predicted molar refractivity (Wildman–Crippen MR) is 156 cm³/mol. The van der Waals surface area contributed by atoms with Crippen molar-refractivity contribution < 1.29 is 8.78 Å². The van der Waals surface area contributed by atoms with Gasteiger partial charge in [0.05, 0.1) is 39.9 Å². The van der Waals surface area contributed by atoms with E-state index in [1.54, 1.807) is 9.36 Å². The van der Waals surface area contributed by atoms with Gasteiger partial charge in [-0.25, -0.2) is 23.1 Å². The fraction of sp³-hybridized carbons (Fsp3) is 0.355. The Hall–Kier alpha value is -4.54. The molecule has 5 heterocycles. The third kappa shape index (κ3) is 4.26. The maximum absolute atomic E-state index is 14.4. The van der Waals surface area contributed by atoms with E-state index in [1.807, 2.05) is 64.5 Å². The van der Waals surface area contributed by atoms with Crippen LogP contribution in [0.3, 0.4) is 0 Å². The molecule has 0 saturated heterocycles. The van der Waals surface area contributed by atoms with Crippen molar-refractivity contribution in [2.45, 2.75) is 51.5 Å². The second-order valence-corrected chi connectivity index (χ2v) is 11.4. The van der Waals surface area contributed by atoms with Crippen LogP contribution >= 0.6 is 0 Å². The minimum absolute atomic E-state index is 0.0138. The van der Waals surface area contributed by atoms with Gasteiger partial charge in [-0.3, -0.25) is 4.98 Å². The molecule has 9 nitrogen and oxygen atoms in total. The van der Waals surface area contributed by atoms with E-state index in [9.17, 15) is 8.78 Å². The molecule has 11 heteroatoms. The van der Waals surface area contributed by atoms with Gasteiger partial charge in [-0.15, -0.1) is 10.2 Å². The zero-order chi connectivity index (χ0) is 29.2. The first-order chi connectivity index (χ1) is 20.2. The Kier molecular flexibility index (Phi) is 6.14. The molecule has 1 aliphatic rings. The number of pyridine rings is 2. The summed E-state index contributed by atoms with van der Waals surface area (Å²) < 4.78 is 34.5. The Morgan fingerprint density at radius 2 is 1.55 bits per heavy atom. The number of halogens is 2. The van der Waals surface area contributed by atoms with Crippen molar-refractivity contribution in [1.29, 1.82) is 0 Å². The zero-order valence-corrected chi connectivity index (χ0v) is 24.0. The number of hydrogen-bond acceptors (Lipinski definition) is 6. The van der Waals surface area contributed by atoms with Crippen LogP contribution in [0.5, 0.6) is 0 Å². The van der Waals surface area contributed by atoms with Gasteiger partial charge in [0.2, 0.25) is 5.92 Å². The maximum atomic E-state index is 14.4. The summed E-state index contributed by atoms with van der Waals surface area (Å²) in [6, 6.07) is 16.1. The van der Waals surface area contributed by atoms with Crippen LogP contribution in [-0.4, -0.2) is 50.4 Å². The lowest BCUT2D eigenvalue weighted by Crippen LogP contribution is -2.30. The summed E-state index contributed by atoms with van der Waals surface area (Å²) in [7, 11) is 3.71. The molecule has 0 bridgehead atoms. The number of aryl methyl sites for hydroxylation is 4. The zero-order valence-electron chi connectivity index (χ0n) is 24.0. The fourth-order valence-corrected chi connectivity index (χ4v) is 6.65. The number of hydrogen-bond donors (Lipinski definition) is 0. The average molecular weight is 568 g/mol. The molecule has 0 N–H and O–H groups in total. The lowest BCUT2D eigenvalue weighted by atomic mass is 9.79. The lowest BCUT2D eigenvalue weighted by molar-refractivity contribution is -0.0493. The summed E-state index contributed by atoms with van der Waals surface area (Å²) in [5.74, 6) is -2.65. The molecule has 1 saturated carbocycles. The second-order valence-electron chi connectivity index (χ2n) is 11.4. The number of aromatic nitrogens is 9. The van der Waals surface area contributed by atoms with Gasteiger partial charge in [0.1, 0.15) is 11.3 Å². The van der Waals surface area contributed by atoms with Gasteiger partial charge in [-0.2, -0.15) is 0 Å². The van der Waals surface area contributed by atoms with Crippen LogP contribution in [0.25, 0.3) is 44.7 Å². The van der Waals surface area contributed by atoms with Crippen molar-refractivity contribution in [1.82, 2.24) is 44.5 Å². The highest BCUT2D eigenvalue weighted by Gasteiger charge is 2.39. The van der Waals surface area contributed by atoms with E-state index >= 15 is 0 Å². The third-order valence-corrected chi connectivity index (χ3v) is 8.62. The number of nitrogens with zero attached hydrogens (tertiary/aromatic N) is 9. The lowest BCUT2D eigenvalue weighted by Gasteiger charge is -2.35. The molecule has 1 aliphatic carbocycles. The molecule has 1 aromatic carbocycles. The van der Waals surface area contributed by atoms with Crippen LogP contribution in [-0.2, 0) is 14.1 Å². The number of alkyl halides is 2. The average Bonchev–Trinajstić information content (AvgIpc) is 3.61. The van der Waals surface area contributed by atoms with E-state index < -0.39 is 5.92 Å². The first-order valence-electron chi connectivity index (χ1n) is 14.2. The van der Waals surface area contributed by atoms with Gasteiger partial charge < -0.3 is 4.57 Å². The molecule has 0 aliphatic heterocycles. The molecule has 7 rings (SSSR count). The molecule has 1 fully saturated rings. The third-order valence-electron chi connectivity index (χ3n) is 8.62. The minimum Gasteiger partial charge on any atom is -0.316 e. The van der Waals surface area contributed by atoms with Crippen LogP contribution < -0.4 is 0 Å². The van der Waals surface area contributed by atoms with Crippen LogP contribution in [0, 0.1) is 19.8 Å². The largest absolute Gasteiger partial charge is 0.316 e. The van der Waals surface area contributed by atoms with Crippen molar-refractivity contribution in [2.24, 2.45) is 20.0 Å². The van der Waals surface area contributed by atoms with E-state index in [2.05, 4.69) is 43.4 Å². The Bertz CT molecular complexity index is 1780. The second kappa shape index (κ2) is 9.78. The Morgan fingerprint density at radius 3 is 2.19 bits per heavy atom. The van der Waals surface area contributed by atoms with Crippen molar-refractivity contribution in [3.05, 3.63) is 71.7 Å². The summed E-state index contributed by atoms with van der Waals surface area (Å²) in [5, 5.41) is 17.8. The van der Waals surface area contributed by atoms with Gasteiger partial charge in [-0.05, 0) is 56.4 Å². The molecule has 0 spiro atoms. The van der Waals surface area contributed by atoms with Crippen LogP contribution in [0.15, 0.2) is 54.7 Å². The van der Waals surface area contributed by atoms with E-state index in [-0.39, 0.29) is 24.8 Å². The Morgan fingerprint density at radius 1 is 0.881 bits per heavy atom. The molecule has 1 atom stereocenters. The van der Waals surface area contributed by atoms with Crippen molar-refractivity contribution in [2.75, 3.05) is 0 Å². The normalized spacial score (nSPS) is 16.4. The summed E-state index contributed by atoms with van der Waals surface area (Å²) in [4.78, 5) is 10.2. The van der Waals surface area contributed by atoms with Crippen molar-refractivity contribution in [3.8, 4) is 22.6 Å². The summed E-state index contributed by atoms with van der Waals surface area (Å²) in [6.45, 7) is 3.84. The number of fused-ring (bicyclic) bond motifs is 3. The molecule has 0 amide bonds. The molecule has 0 radical (unpaired) electrons. The molecular formula is C31H31F2N9.